The molecule has 6 nitrogen and oxygen atoms in total. The molecule has 30 heavy (non-hydrogen) atoms. The number of carbonyl (C=O) groups is 1. The number of hydrogen-bond acceptors (Lipinski definition) is 5. The average Bonchev–Trinajstić information content (AvgIpc) is 3.21. The third-order valence-electron chi connectivity index (χ3n) is 5.02. The Bertz CT molecular complexity index is 947. The molecule has 1 saturated heterocycles. The Morgan fingerprint density at radius 2 is 1.90 bits per heavy atom. The van der Waals surface area contributed by atoms with Gasteiger partial charge in [-0.3, -0.25) is 4.79 Å². The Morgan fingerprint density at radius 1 is 1.20 bits per heavy atom. The first kappa shape index (κ1) is 22.9. The van der Waals surface area contributed by atoms with E-state index in [1.165, 1.54) is 10.4 Å². The van der Waals surface area contributed by atoms with Gasteiger partial charge in [0.15, 0.2) is 0 Å². The molecule has 0 spiro atoms. The molecule has 1 amide bonds. The molecule has 8 heteroatoms. The molecular formula is C22H30N2O4S2. The summed E-state index contributed by atoms with van der Waals surface area (Å²) in [7, 11) is -3.70. The minimum Gasteiger partial charge on any atom is -0.373 e. The second kappa shape index (κ2) is 9.60. The lowest BCUT2D eigenvalue weighted by atomic mass is 10.0. The minimum atomic E-state index is -3.70. The topological polar surface area (TPSA) is 75.7 Å². The van der Waals surface area contributed by atoms with Gasteiger partial charge in [0.2, 0.25) is 10.0 Å². The standard InChI is InChI=1S/C22H30N2O4S2/c1-15(2)11-20(21-9-6-10-29-21)23-22(25)18-7-5-8-19(12-18)30(26,27)24-13-16(3)28-17(4)14-24/h5-10,12,15-17,20H,11,13-14H2,1-4H3,(H,23,25). The molecule has 0 aliphatic carbocycles. The number of nitrogens with zero attached hydrogens (tertiary/aromatic N) is 1. The molecular weight excluding hydrogens is 420 g/mol. The number of sulfonamides is 1. The van der Waals surface area contributed by atoms with Gasteiger partial charge < -0.3 is 10.1 Å². The van der Waals surface area contributed by atoms with Gasteiger partial charge in [0, 0.05) is 23.5 Å². The quantitative estimate of drug-likeness (QED) is 0.690. The van der Waals surface area contributed by atoms with Crippen molar-refractivity contribution in [3.05, 3.63) is 52.2 Å². The molecule has 2 aromatic rings. The second-order valence-corrected chi connectivity index (χ2v) is 11.2. The van der Waals surface area contributed by atoms with E-state index in [2.05, 4.69) is 19.2 Å². The van der Waals surface area contributed by atoms with Crippen molar-refractivity contribution in [1.82, 2.24) is 9.62 Å². The maximum atomic E-state index is 13.1. The van der Waals surface area contributed by atoms with Crippen molar-refractivity contribution in [2.45, 2.75) is 57.3 Å². The summed E-state index contributed by atoms with van der Waals surface area (Å²) >= 11 is 1.61. The number of hydrogen-bond donors (Lipinski definition) is 1. The number of thiophene rings is 1. The van der Waals surface area contributed by atoms with Crippen LogP contribution in [0.1, 0.15) is 55.4 Å². The zero-order valence-corrected chi connectivity index (χ0v) is 19.5. The smallest absolute Gasteiger partial charge is 0.251 e. The number of morpholine rings is 1. The highest BCUT2D eigenvalue weighted by molar-refractivity contribution is 7.89. The first-order valence-corrected chi connectivity index (χ1v) is 12.6. The van der Waals surface area contributed by atoms with Crippen LogP contribution in [0.3, 0.4) is 0 Å². The van der Waals surface area contributed by atoms with Crippen LogP contribution in [0, 0.1) is 5.92 Å². The van der Waals surface area contributed by atoms with Gasteiger partial charge in [-0.05, 0) is 55.8 Å². The summed E-state index contributed by atoms with van der Waals surface area (Å²) in [4.78, 5) is 14.2. The van der Waals surface area contributed by atoms with Gasteiger partial charge in [0.05, 0.1) is 23.1 Å². The Kier molecular flexibility index (Phi) is 7.34. The molecule has 1 N–H and O–H groups in total. The molecule has 0 bridgehead atoms. The SMILES string of the molecule is CC(C)CC(NC(=O)c1cccc(S(=O)(=O)N2CC(C)OC(C)C2)c1)c1cccs1. The predicted molar refractivity (Wildman–Crippen MR) is 119 cm³/mol. The fourth-order valence-electron chi connectivity index (χ4n) is 3.72. The van der Waals surface area contributed by atoms with E-state index >= 15 is 0 Å². The van der Waals surface area contributed by atoms with E-state index in [1.807, 2.05) is 31.4 Å². The fraction of sp³-hybridized carbons (Fsp3) is 0.500. The lowest BCUT2D eigenvalue weighted by molar-refractivity contribution is -0.0440. The van der Waals surface area contributed by atoms with Crippen LogP contribution in [0.4, 0.5) is 0 Å². The highest BCUT2D eigenvalue weighted by atomic mass is 32.2. The minimum absolute atomic E-state index is 0.0984. The van der Waals surface area contributed by atoms with Crippen LogP contribution < -0.4 is 5.32 Å². The maximum Gasteiger partial charge on any atom is 0.251 e. The Hall–Kier alpha value is -1.74. The molecule has 164 valence electrons. The summed E-state index contributed by atoms with van der Waals surface area (Å²) in [6.07, 6.45) is 0.476. The van der Waals surface area contributed by atoms with Crippen molar-refractivity contribution in [3.63, 3.8) is 0 Å². The van der Waals surface area contributed by atoms with Gasteiger partial charge >= 0.3 is 0 Å². The van der Waals surface area contributed by atoms with Gasteiger partial charge in [-0.1, -0.05) is 26.0 Å². The number of amides is 1. The molecule has 0 saturated carbocycles. The zero-order chi connectivity index (χ0) is 21.9. The van der Waals surface area contributed by atoms with Crippen LogP contribution in [0.5, 0.6) is 0 Å². The Labute approximate surface area is 183 Å². The third-order valence-corrected chi connectivity index (χ3v) is 7.83. The molecule has 0 radical (unpaired) electrons. The number of ether oxygens (including phenoxy) is 1. The summed E-state index contributed by atoms with van der Waals surface area (Å²) in [5.74, 6) is 0.143. The highest BCUT2D eigenvalue weighted by Crippen LogP contribution is 2.26. The summed E-state index contributed by atoms with van der Waals surface area (Å²) in [6.45, 7) is 8.56. The first-order chi connectivity index (χ1) is 14.2. The van der Waals surface area contributed by atoms with Gasteiger partial charge in [0.25, 0.3) is 5.91 Å². The monoisotopic (exact) mass is 450 g/mol. The Balaban J connectivity index is 1.81. The number of nitrogens with one attached hydrogen (secondary N) is 1. The largest absolute Gasteiger partial charge is 0.373 e. The van der Waals surface area contributed by atoms with Crippen molar-refractivity contribution in [2.75, 3.05) is 13.1 Å². The lowest BCUT2D eigenvalue weighted by Crippen LogP contribution is -2.48. The average molecular weight is 451 g/mol. The summed E-state index contributed by atoms with van der Waals surface area (Å²) in [5.41, 5.74) is 0.343. The van der Waals surface area contributed by atoms with Gasteiger partial charge in [-0.15, -0.1) is 11.3 Å². The van der Waals surface area contributed by atoms with E-state index in [0.717, 1.165) is 11.3 Å². The van der Waals surface area contributed by atoms with Crippen molar-refractivity contribution < 1.29 is 17.9 Å². The van der Waals surface area contributed by atoms with E-state index in [4.69, 9.17) is 4.74 Å². The number of carbonyl (C=O) groups excluding carboxylic acids is 1. The van der Waals surface area contributed by atoms with E-state index in [0.29, 0.717) is 24.6 Å². The molecule has 3 unspecified atom stereocenters. The summed E-state index contributed by atoms with van der Waals surface area (Å²) in [6, 6.07) is 10.2. The van der Waals surface area contributed by atoms with Crippen LogP contribution in [0.25, 0.3) is 0 Å². The second-order valence-electron chi connectivity index (χ2n) is 8.28. The van der Waals surface area contributed by atoms with E-state index < -0.39 is 10.0 Å². The maximum absolute atomic E-state index is 13.1. The van der Waals surface area contributed by atoms with Crippen LogP contribution >= 0.6 is 11.3 Å². The van der Waals surface area contributed by atoms with Gasteiger partial charge in [-0.2, -0.15) is 4.31 Å². The third kappa shape index (κ3) is 5.49. The summed E-state index contributed by atoms with van der Waals surface area (Å²) < 4.78 is 33.4. The molecule has 2 heterocycles. The van der Waals surface area contributed by atoms with E-state index in [1.54, 1.807) is 29.5 Å². The molecule has 1 aliphatic rings. The van der Waals surface area contributed by atoms with E-state index in [9.17, 15) is 13.2 Å². The molecule has 3 atom stereocenters. The highest BCUT2D eigenvalue weighted by Gasteiger charge is 2.32. The summed E-state index contributed by atoms with van der Waals surface area (Å²) in [5, 5.41) is 5.07. The van der Waals surface area contributed by atoms with Crippen LogP contribution in [-0.4, -0.2) is 43.9 Å². The van der Waals surface area contributed by atoms with Crippen LogP contribution in [0.15, 0.2) is 46.7 Å². The predicted octanol–water partition coefficient (Wildman–Crippen LogP) is 4.06. The molecule has 3 rings (SSSR count). The molecule has 1 fully saturated rings. The van der Waals surface area contributed by atoms with Crippen LogP contribution in [-0.2, 0) is 14.8 Å². The van der Waals surface area contributed by atoms with Crippen molar-refractivity contribution in [2.24, 2.45) is 5.92 Å². The first-order valence-electron chi connectivity index (χ1n) is 10.3. The Morgan fingerprint density at radius 3 is 2.50 bits per heavy atom. The van der Waals surface area contributed by atoms with Crippen molar-refractivity contribution in [1.29, 1.82) is 0 Å². The molecule has 1 aliphatic heterocycles. The number of benzene rings is 1. The van der Waals surface area contributed by atoms with Crippen LogP contribution in [0.2, 0.25) is 0 Å². The fourth-order valence-corrected chi connectivity index (χ4v) is 6.15. The van der Waals surface area contributed by atoms with Crippen molar-refractivity contribution in [3.8, 4) is 0 Å². The van der Waals surface area contributed by atoms with E-state index in [-0.39, 0.29) is 29.1 Å². The normalized spacial score (nSPS) is 21.5. The molecule has 1 aromatic carbocycles. The lowest BCUT2D eigenvalue weighted by Gasteiger charge is -2.34. The number of rotatable bonds is 7. The van der Waals surface area contributed by atoms with Gasteiger partial charge in [-0.25, -0.2) is 8.42 Å². The molecule has 1 aromatic heterocycles. The zero-order valence-electron chi connectivity index (χ0n) is 17.9. The van der Waals surface area contributed by atoms with Crippen molar-refractivity contribution >= 4 is 27.3 Å². The van der Waals surface area contributed by atoms with Gasteiger partial charge in [0.1, 0.15) is 0 Å².